The molecule has 1 unspecified atom stereocenters. The first-order valence-electron chi connectivity index (χ1n) is 22.4. The van der Waals surface area contributed by atoms with Gasteiger partial charge in [-0.15, -0.1) is 0 Å². The highest BCUT2D eigenvalue weighted by atomic mass is 19.3. The first kappa shape index (κ1) is 42.0. The Bertz CT molecular complexity index is 2210. The van der Waals surface area contributed by atoms with Crippen LogP contribution in [0.25, 0.3) is 32.9 Å². The van der Waals surface area contributed by atoms with Crippen LogP contribution in [-0.2, 0) is 14.2 Å². The lowest BCUT2D eigenvalue weighted by atomic mass is 9.72. The van der Waals surface area contributed by atoms with Crippen LogP contribution in [0.1, 0.15) is 102 Å². The second kappa shape index (κ2) is 17.1. The molecule has 0 bridgehead atoms. The van der Waals surface area contributed by atoms with Crippen molar-refractivity contribution in [2.24, 2.45) is 5.41 Å². The van der Waals surface area contributed by atoms with Crippen LogP contribution >= 0.6 is 0 Å². The lowest BCUT2D eigenvalue weighted by molar-refractivity contribution is -0.0434. The maximum absolute atomic E-state index is 14.3. The molecule has 1 spiro atoms. The molecule has 0 radical (unpaired) electrons. The van der Waals surface area contributed by atoms with Crippen molar-refractivity contribution in [3.63, 3.8) is 0 Å². The van der Waals surface area contributed by atoms with Crippen molar-refractivity contribution in [1.29, 1.82) is 0 Å². The highest BCUT2D eigenvalue weighted by Gasteiger charge is 2.48. The van der Waals surface area contributed by atoms with Gasteiger partial charge in [-0.05, 0) is 120 Å². The van der Waals surface area contributed by atoms with E-state index in [1.165, 1.54) is 0 Å². The van der Waals surface area contributed by atoms with Crippen molar-refractivity contribution in [2.75, 3.05) is 77.6 Å². The smallest absolute Gasteiger partial charge is 0.410 e. The summed E-state index contributed by atoms with van der Waals surface area (Å²) in [7, 11) is 1.72. The third-order valence-electron chi connectivity index (χ3n) is 13.2. The van der Waals surface area contributed by atoms with Gasteiger partial charge in [0.15, 0.2) is 12.0 Å². The Morgan fingerprint density at radius 3 is 2.43 bits per heavy atom. The number of aromatic nitrogens is 4. The highest BCUT2D eigenvalue weighted by molar-refractivity contribution is 6.06. The van der Waals surface area contributed by atoms with Crippen molar-refractivity contribution < 1.29 is 37.3 Å². The third kappa shape index (κ3) is 8.84. The number of aryl methyl sites for hydroxylation is 1. The van der Waals surface area contributed by atoms with Crippen LogP contribution in [0.5, 0.6) is 11.8 Å². The van der Waals surface area contributed by atoms with E-state index in [0.29, 0.717) is 50.7 Å². The predicted molar refractivity (Wildman–Crippen MR) is 229 cm³/mol. The van der Waals surface area contributed by atoms with Gasteiger partial charge < -0.3 is 38.4 Å². The Balaban J connectivity index is 1.13. The fourth-order valence-electron chi connectivity index (χ4n) is 9.83. The number of benzene rings is 2. The van der Waals surface area contributed by atoms with Crippen LogP contribution in [-0.4, -0.2) is 127 Å². The number of halogens is 2. The molecule has 2 aromatic heterocycles. The average Bonchev–Trinajstić information content (AvgIpc) is 3.99. The molecule has 1 aliphatic carbocycles. The fourth-order valence-corrected chi connectivity index (χ4v) is 9.83. The van der Waals surface area contributed by atoms with E-state index in [2.05, 4.69) is 34.9 Å². The molecule has 1 saturated carbocycles. The van der Waals surface area contributed by atoms with E-state index in [4.69, 9.17) is 38.8 Å². The number of carbonyl (C=O) groups is 1. The molecule has 1 atom stereocenters. The lowest BCUT2D eigenvalue weighted by Crippen LogP contribution is -2.62. The molecule has 9 rings (SSSR count). The first-order valence-corrected chi connectivity index (χ1v) is 22.4. The Kier molecular flexibility index (Phi) is 11.8. The van der Waals surface area contributed by atoms with Crippen LogP contribution in [0.4, 0.5) is 19.4 Å². The number of hydrogen-bond acceptors (Lipinski definition) is 11. The standard InChI is InChI=1S/C46H61F2N7O6/c1-29-9-12-35-34(25-49-55(35)37-8-6-7-22-58-37)38(29)39-32(30-10-11-30)24-33-40(41(39)59-26-36(47)48)50-43(60-31-13-17-52(18-14-31)21-23-57-5)51-42(33)53-19-15-46(16-20-53)27-54(28-46)44(56)61-45(2,3)4/h9,12,24-25,30-31,36-37H,6-8,10-11,13-23,26-28H2,1-5H3. The van der Waals surface area contributed by atoms with Crippen LogP contribution in [0.2, 0.25) is 0 Å². The number of fused-ring (bicyclic) bond motifs is 2. The number of methoxy groups -OCH3 is 1. The summed E-state index contributed by atoms with van der Waals surface area (Å²) >= 11 is 0. The number of likely N-dealkylation sites (tertiary alicyclic amines) is 2. The molecular formula is C46H61F2N7O6. The van der Waals surface area contributed by atoms with E-state index < -0.39 is 18.6 Å². The van der Waals surface area contributed by atoms with Gasteiger partial charge >= 0.3 is 12.1 Å². The first-order chi connectivity index (χ1) is 29.4. The molecule has 2 aromatic carbocycles. The summed E-state index contributed by atoms with van der Waals surface area (Å²) in [6.07, 6.45) is 6.92. The number of ether oxygens (including phenoxy) is 5. The quantitative estimate of drug-likeness (QED) is 0.137. The zero-order chi connectivity index (χ0) is 42.5. The summed E-state index contributed by atoms with van der Waals surface area (Å²) in [5.41, 5.74) is 4.61. The van der Waals surface area contributed by atoms with E-state index in [9.17, 15) is 13.6 Å². The van der Waals surface area contributed by atoms with Gasteiger partial charge in [0.25, 0.3) is 6.43 Å². The summed E-state index contributed by atoms with van der Waals surface area (Å²) in [6.45, 7) is 13.6. The number of alkyl halides is 2. The third-order valence-corrected chi connectivity index (χ3v) is 13.2. The number of amides is 1. The molecule has 4 aliphatic heterocycles. The second-order valence-electron chi connectivity index (χ2n) is 18.9. The van der Waals surface area contributed by atoms with Crippen molar-refractivity contribution in [2.45, 2.75) is 116 Å². The lowest BCUT2D eigenvalue weighted by Gasteiger charge is -2.53. The summed E-state index contributed by atoms with van der Waals surface area (Å²) in [5.74, 6) is 1.29. The molecule has 61 heavy (non-hydrogen) atoms. The zero-order valence-electron chi connectivity index (χ0n) is 36.4. The number of carbonyl (C=O) groups excluding carboxylic acids is 1. The van der Waals surface area contributed by atoms with Crippen LogP contribution in [0.3, 0.4) is 0 Å². The van der Waals surface area contributed by atoms with Crippen molar-refractivity contribution in [3.05, 3.63) is 35.5 Å². The number of anilines is 1. The van der Waals surface area contributed by atoms with E-state index in [1.54, 1.807) is 12.0 Å². The molecule has 4 saturated heterocycles. The van der Waals surface area contributed by atoms with Gasteiger partial charge in [0.1, 0.15) is 29.6 Å². The Labute approximate surface area is 357 Å². The monoisotopic (exact) mass is 845 g/mol. The minimum absolute atomic E-state index is 0.00749. The van der Waals surface area contributed by atoms with Crippen molar-refractivity contribution >= 4 is 33.7 Å². The van der Waals surface area contributed by atoms with E-state index in [1.807, 2.05) is 31.6 Å². The number of rotatable bonds is 12. The van der Waals surface area contributed by atoms with Gasteiger partial charge in [-0.2, -0.15) is 15.1 Å². The van der Waals surface area contributed by atoms with Crippen LogP contribution in [0.15, 0.2) is 24.4 Å². The Hall–Kier alpha value is -4.34. The van der Waals surface area contributed by atoms with Crippen molar-refractivity contribution in [3.8, 4) is 22.9 Å². The Morgan fingerprint density at radius 1 is 0.984 bits per heavy atom. The fraction of sp³-hybridized carbons (Fsp3) is 0.652. The normalized spacial score (nSPS) is 21.4. The molecule has 330 valence electrons. The molecular weight excluding hydrogens is 785 g/mol. The number of nitrogens with zero attached hydrogens (tertiary/aromatic N) is 7. The summed E-state index contributed by atoms with van der Waals surface area (Å²) in [4.78, 5) is 29.6. The average molecular weight is 846 g/mol. The highest BCUT2D eigenvalue weighted by Crippen LogP contribution is 2.53. The second-order valence-corrected chi connectivity index (χ2v) is 18.9. The zero-order valence-corrected chi connectivity index (χ0v) is 36.4. The largest absolute Gasteiger partial charge is 0.485 e. The molecule has 13 nitrogen and oxygen atoms in total. The summed E-state index contributed by atoms with van der Waals surface area (Å²) < 4.78 is 60.9. The van der Waals surface area contributed by atoms with Gasteiger partial charge in [0.05, 0.1) is 18.3 Å². The van der Waals surface area contributed by atoms with E-state index in [0.717, 1.165) is 122 Å². The predicted octanol–water partition coefficient (Wildman–Crippen LogP) is 8.50. The minimum Gasteiger partial charge on any atom is -0.485 e. The molecule has 4 aromatic rings. The van der Waals surface area contributed by atoms with Crippen LogP contribution in [0, 0.1) is 12.3 Å². The molecule has 1 amide bonds. The summed E-state index contributed by atoms with van der Waals surface area (Å²) in [6, 6.07) is 6.60. The maximum atomic E-state index is 14.3. The molecule has 0 N–H and O–H groups in total. The SMILES string of the molecule is COCCN1CCC(Oc2nc(N3CCC4(CC3)CN(C(=O)OC(C)(C)C)C4)c3cc(C4CC4)c(-c4c(C)ccc5c4cnn5C4CCCCO4)c(OCC(F)F)c3n2)CC1. The maximum Gasteiger partial charge on any atom is 0.410 e. The molecule has 5 aliphatic rings. The van der Waals surface area contributed by atoms with Crippen LogP contribution < -0.4 is 14.4 Å². The van der Waals surface area contributed by atoms with E-state index in [-0.39, 0.29) is 35.8 Å². The number of piperidine rings is 2. The number of hydrogen-bond donors (Lipinski definition) is 0. The van der Waals surface area contributed by atoms with E-state index >= 15 is 0 Å². The van der Waals surface area contributed by atoms with Gasteiger partial charge in [0.2, 0.25) is 0 Å². The topological polar surface area (TPSA) is 117 Å². The minimum atomic E-state index is -2.70. The summed E-state index contributed by atoms with van der Waals surface area (Å²) in [5, 5.41) is 6.56. The van der Waals surface area contributed by atoms with Gasteiger partial charge in [-0.1, -0.05) is 6.07 Å². The van der Waals surface area contributed by atoms with Gasteiger partial charge in [0, 0.05) is 81.3 Å². The van der Waals surface area contributed by atoms with Gasteiger partial charge in [-0.3, -0.25) is 0 Å². The molecule has 6 heterocycles. The Morgan fingerprint density at radius 2 is 1.75 bits per heavy atom. The van der Waals surface area contributed by atoms with Crippen molar-refractivity contribution in [1.82, 2.24) is 29.5 Å². The molecule has 15 heteroatoms. The molecule has 5 fully saturated rings. The van der Waals surface area contributed by atoms with Gasteiger partial charge in [-0.25, -0.2) is 18.3 Å².